The van der Waals surface area contributed by atoms with Crippen LogP contribution in [0.3, 0.4) is 0 Å². The number of hydrogen-bond acceptors (Lipinski definition) is 5. The number of ether oxygens (including phenoxy) is 2. The molecule has 1 aliphatic rings. The molecule has 31 heavy (non-hydrogen) atoms. The second-order valence-electron chi connectivity index (χ2n) is 6.94. The van der Waals surface area contributed by atoms with Crippen molar-refractivity contribution in [1.29, 1.82) is 0 Å². The van der Waals surface area contributed by atoms with Gasteiger partial charge in [0.25, 0.3) is 0 Å². The maximum atomic E-state index is 13.6. The smallest absolute Gasteiger partial charge is 0.368 e. The Morgan fingerprint density at radius 2 is 2.06 bits per heavy atom. The van der Waals surface area contributed by atoms with Gasteiger partial charge in [0.2, 0.25) is 5.91 Å². The summed E-state index contributed by atoms with van der Waals surface area (Å²) in [6.07, 6.45) is -3.87. The number of alkyl halides is 3. The van der Waals surface area contributed by atoms with Crippen molar-refractivity contribution >= 4 is 23.1 Å². The summed E-state index contributed by atoms with van der Waals surface area (Å²) in [6.45, 7) is 3.90. The fourth-order valence-corrected chi connectivity index (χ4v) is 2.96. The Morgan fingerprint density at radius 1 is 1.32 bits per heavy atom. The second-order valence-corrected chi connectivity index (χ2v) is 7.35. The summed E-state index contributed by atoms with van der Waals surface area (Å²) in [5.74, 6) is -0.974. The van der Waals surface area contributed by atoms with Gasteiger partial charge in [-0.2, -0.15) is 0 Å². The van der Waals surface area contributed by atoms with Gasteiger partial charge in [-0.3, -0.25) is 9.53 Å². The Kier molecular flexibility index (Phi) is 7.29. The largest absolute Gasteiger partial charge is 0.522 e. The molecule has 0 atom stereocenters. The quantitative estimate of drug-likeness (QED) is 0.575. The lowest BCUT2D eigenvalue weighted by molar-refractivity contribution is -0.357. The Bertz CT molecular complexity index is 944. The van der Waals surface area contributed by atoms with Crippen LogP contribution in [0, 0.1) is 5.82 Å². The standard InChI is InChI=1S/C19H19ClF4N4O3/c1-11(17-9-28(27-26-17)12-2-3-15(20)16(21)6-12)4-5-25-18(29)10-30-13-7-14(8-13)31-19(22,23)24/h2-3,6,9,13-14H,1,4-5,7-8,10H2,(H,25,29). The molecule has 1 N–H and O–H groups in total. The highest BCUT2D eigenvalue weighted by Crippen LogP contribution is 2.32. The summed E-state index contributed by atoms with van der Waals surface area (Å²) >= 11 is 5.66. The lowest BCUT2D eigenvalue weighted by Gasteiger charge is -2.34. The maximum Gasteiger partial charge on any atom is 0.522 e. The van der Waals surface area contributed by atoms with Crippen molar-refractivity contribution in [2.75, 3.05) is 13.2 Å². The molecule has 3 rings (SSSR count). The number of halogens is 5. The number of aromatic nitrogens is 3. The number of carbonyl (C=O) groups is 1. The third kappa shape index (κ3) is 6.74. The minimum atomic E-state index is -4.66. The van der Waals surface area contributed by atoms with Crippen molar-refractivity contribution in [2.45, 2.75) is 37.8 Å². The van der Waals surface area contributed by atoms with Crippen LogP contribution in [-0.4, -0.2) is 52.6 Å². The molecule has 1 fully saturated rings. The van der Waals surface area contributed by atoms with E-state index in [4.69, 9.17) is 16.3 Å². The Balaban J connectivity index is 1.35. The van der Waals surface area contributed by atoms with E-state index in [1.807, 2.05) is 0 Å². The molecular formula is C19H19ClF4N4O3. The predicted molar refractivity (Wildman–Crippen MR) is 103 cm³/mol. The van der Waals surface area contributed by atoms with Gasteiger partial charge in [-0.1, -0.05) is 23.4 Å². The van der Waals surface area contributed by atoms with Crippen LogP contribution in [0.2, 0.25) is 5.02 Å². The van der Waals surface area contributed by atoms with Gasteiger partial charge >= 0.3 is 6.36 Å². The molecule has 1 aliphatic carbocycles. The van der Waals surface area contributed by atoms with Gasteiger partial charge in [0.05, 0.1) is 29.1 Å². The van der Waals surface area contributed by atoms with E-state index >= 15 is 0 Å². The Morgan fingerprint density at radius 3 is 2.74 bits per heavy atom. The van der Waals surface area contributed by atoms with E-state index in [0.717, 1.165) is 0 Å². The molecule has 0 spiro atoms. The summed E-state index contributed by atoms with van der Waals surface area (Å²) in [6, 6.07) is 4.23. The topological polar surface area (TPSA) is 78.3 Å². The highest BCUT2D eigenvalue weighted by atomic mass is 35.5. The minimum absolute atomic E-state index is 0.0000127. The molecule has 7 nitrogen and oxygen atoms in total. The van der Waals surface area contributed by atoms with E-state index in [2.05, 4.69) is 26.9 Å². The van der Waals surface area contributed by atoms with Gasteiger partial charge < -0.3 is 10.1 Å². The first-order chi connectivity index (χ1) is 14.6. The first-order valence-electron chi connectivity index (χ1n) is 9.29. The Labute approximate surface area is 180 Å². The van der Waals surface area contributed by atoms with E-state index in [9.17, 15) is 22.4 Å². The zero-order valence-electron chi connectivity index (χ0n) is 16.2. The molecular weight excluding hydrogens is 444 g/mol. The van der Waals surface area contributed by atoms with Crippen molar-refractivity contribution in [3.63, 3.8) is 0 Å². The highest BCUT2D eigenvalue weighted by Gasteiger charge is 2.40. The molecule has 0 aliphatic heterocycles. The van der Waals surface area contributed by atoms with Crippen molar-refractivity contribution in [3.05, 3.63) is 47.5 Å². The molecule has 12 heteroatoms. The number of hydrogen-bond donors (Lipinski definition) is 1. The number of benzene rings is 1. The lowest BCUT2D eigenvalue weighted by atomic mass is 9.92. The number of nitrogens with zero attached hydrogens (tertiary/aromatic N) is 3. The van der Waals surface area contributed by atoms with Crippen molar-refractivity contribution in [3.8, 4) is 5.69 Å². The lowest BCUT2D eigenvalue weighted by Crippen LogP contribution is -2.42. The van der Waals surface area contributed by atoms with Crippen LogP contribution in [0.4, 0.5) is 17.6 Å². The summed E-state index contributed by atoms with van der Waals surface area (Å²) in [4.78, 5) is 11.8. The molecule has 2 aromatic rings. The average Bonchev–Trinajstić information content (AvgIpc) is 3.15. The fraction of sp³-hybridized carbons (Fsp3) is 0.421. The third-order valence-electron chi connectivity index (χ3n) is 4.57. The van der Waals surface area contributed by atoms with Crippen LogP contribution in [0.5, 0.6) is 0 Å². The maximum absolute atomic E-state index is 13.6. The number of rotatable bonds is 9. The fourth-order valence-electron chi connectivity index (χ4n) is 2.84. The number of nitrogens with one attached hydrogen (secondary N) is 1. The third-order valence-corrected chi connectivity index (χ3v) is 4.88. The summed E-state index contributed by atoms with van der Waals surface area (Å²) in [5.41, 5.74) is 1.52. The van der Waals surface area contributed by atoms with Gasteiger partial charge in [-0.05, 0) is 24.1 Å². The van der Waals surface area contributed by atoms with Crippen molar-refractivity contribution < 1.29 is 31.8 Å². The van der Waals surface area contributed by atoms with Crippen LogP contribution in [0.15, 0.2) is 31.0 Å². The first kappa shape index (κ1) is 23.2. The van der Waals surface area contributed by atoms with Gasteiger partial charge in [0.1, 0.15) is 18.1 Å². The van der Waals surface area contributed by atoms with Crippen molar-refractivity contribution in [2.24, 2.45) is 0 Å². The summed E-state index contributed by atoms with van der Waals surface area (Å²) in [7, 11) is 0. The molecule has 0 radical (unpaired) electrons. The molecule has 1 aromatic carbocycles. The first-order valence-corrected chi connectivity index (χ1v) is 9.67. The average molecular weight is 463 g/mol. The monoisotopic (exact) mass is 462 g/mol. The van der Waals surface area contributed by atoms with E-state index in [0.29, 0.717) is 23.4 Å². The zero-order chi connectivity index (χ0) is 22.6. The normalized spacial score (nSPS) is 18.5. The number of carbonyl (C=O) groups excluding carboxylic acids is 1. The molecule has 168 valence electrons. The highest BCUT2D eigenvalue weighted by molar-refractivity contribution is 6.30. The van der Waals surface area contributed by atoms with Gasteiger partial charge in [0.15, 0.2) is 0 Å². The summed E-state index contributed by atoms with van der Waals surface area (Å²) in [5, 5.41) is 10.5. The predicted octanol–water partition coefficient (Wildman–Crippen LogP) is 3.66. The second kappa shape index (κ2) is 9.75. The molecule has 0 bridgehead atoms. The van der Waals surface area contributed by atoms with Gasteiger partial charge in [0, 0.05) is 25.5 Å². The molecule has 0 saturated heterocycles. The molecule has 1 saturated carbocycles. The van der Waals surface area contributed by atoms with E-state index < -0.39 is 30.3 Å². The van der Waals surface area contributed by atoms with Crippen LogP contribution in [-0.2, 0) is 14.3 Å². The van der Waals surface area contributed by atoms with Crippen LogP contribution < -0.4 is 5.32 Å². The SMILES string of the molecule is C=C(CCNC(=O)COC1CC(OC(F)(F)F)C1)c1cn(-c2ccc(Cl)c(F)c2)nn1. The van der Waals surface area contributed by atoms with E-state index in [-0.39, 0.29) is 31.0 Å². The van der Waals surface area contributed by atoms with E-state index in [1.54, 1.807) is 12.3 Å². The molecule has 0 unspecified atom stereocenters. The Hall–Kier alpha value is -2.50. The minimum Gasteiger partial charge on any atom is -0.368 e. The van der Waals surface area contributed by atoms with Crippen molar-refractivity contribution in [1.82, 2.24) is 20.3 Å². The zero-order valence-corrected chi connectivity index (χ0v) is 16.9. The van der Waals surface area contributed by atoms with Crippen LogP contribution >= 0.6 is 11.6 Å². The summed E-state index contributed by atoms with van der Waals surface area (Å²) < 4.78 is 60.2. The van der Waals surface area contributed by atoms with Crippen LogP contribution in [0.25, 0.3) is 11.3 Å². The number of amides is 1. The van der Waals surface area contributed by atoms with E-state index in [1.165, 1.54) is 16.8 Å². The molecule has 1 heterocycles. The molecule has 1 amide bonds. The van der Waals surface area contributed by atoms with Gasteiger partial charge in [-0.15, -0.1) is 18.3 Å². The molecule has 1 aromatic heterocycles. The van der Waals surface area contributed by atoms with Crippen LogP contribution in [0.1, 0.15) is 25.0 Å². The van der Waals surface area contributed by atoms with Gasteiger partial charge in [-0.25, -0.2) is 9.07 Å².